The van der Waals surface area contributed by atoms with E-state index in [1.807, 2.05) is 44.2 Å². The van der Waals surface area contributed by atoms with Crippen LogP contribution in [-0.4, -0.2) is 25.5 Å². The Morgan fingerprint density at radius 2 is 1.79 bits per heavy atom. The number of carbonyl (C=O) groups is 1. The number of nitrogens with one attached hydrogen (secondary N) is 2. The van der Waals surface area contributed by atoms with Crippen molar-refractivity contribution >= 4 is 21.7 Å². The zero-order valence-corrected chi connectivity index (χ0v) is 14.3. The molecule has 0 aromatic heterocycles. The van der Waals surface area contributed by atoms with Gasteiger partial charge in [0.15, 0.2) is 0 Å². The van der Waals surface area contributed by atoms with Gasteiger partial charge in [-0.2, -0.15) is 0 Å². The standard InChI is InChI=1S/C17H20N2O4S/c1-12(2)19-15-9-8-14(17(20)21)10-16(15)24(22,23)18-11-13-6-4-3-5-7-13/h3-10,12,18-19H,11H2,1-2H3,(H,20,21). The highest BCUT2D eigenvalue weighted by molar-refractivity contribution is 7.89. The number of aromatic carboxylic acids is 1. The van der Waals surface area contributed by atoms with Crippen LogP contribution in [0.25, 0.3) is 0 Å². The van der Waals surface area contributed by atoms with E-state index in [0.29, 0.717) is 5.69 Å². The quantitative estimate of drug-likeness (QED) is 0.715. The van der Waals surface area contributed by atoms with Crippen molar-refractivity contribution in [2.45, 2.75) is 31.3 Å². The van der Waals surface area contributed by atoms with Crippen LogP contribution in [-0.2, 0) is 16.6 Å². The molecular formula is C17H20N2O4S. The average Bonchev–Trinajstić information content (AvgIpc) is 2.53. The van der Waals surface area contributed by atoms with Gasteiger partial charge in [0, 0.05) is 12.6 Å². The van der Waals surface area contributed by atoms with Gasteiger partial charge in [-0.05, 0) is 37.6 Å². The minimum atomic E-state index is -3.87. The fraction of sp³-hybridized carbons (Fsp3) is 0.235. The van der Waals surface area contributed by atoms with Gasteiger partial charge in [-0.1, -0.05) is 30.3 Å². The van der Waals surface area contributed by atoms with E-state index in [1.165, 1.54) is 18.2 Å². The van der Waals surface area contributed by atoms with Crippen LogP contribution in [0.3, 0.4) is 0 Å². The summed E-state index contributed by atoms with van der Waals surface area (Å²) in [5, 5.41) is 12.2. The molecule has 0 aliphatic rings. The van der Waals surface area contributed by atoms with Gasteiger partial charge in [-0.3, -0.25) is 0 Å². The number of sulfonamides is 1. The Labute approximate surface area is 141 Å². The molecule has 2 aromatic rings. The SMILES string of the molecule is CC(C)Nc1ccc(C(=O)O)cc1S(=O)(=O)NCc1ccccc1. The third kappa shape index (κ3) is 4.56. The molecule has 0 radical (unpaired) electrons. The van der Waals surface area contributed by atoms with E-state index in [1.54, 1.807) is 0 Å². The number of carboxylic acid groups (broad SMARTS) is 1. The normalized spacial score (nSPS) is 11.5. The molecule has 0 amide bonds. The fourth-order valence-corrected chi connectivity index (χ4v) is 3.37. The second kappa shape index (κ2) is 7.46. The Bertz CT molecular complexity index is 818. The summed E-state index contributed by atoms with van der Waals surface area (Å²) in [5.74, 6) is -1.18. The first kappa shape index (κ1) is 18.0. The van der Waals surface area contributed by atoms with Crippen LogP contribution in [0.15, 0.2) is 53.4 Å². The lowest BCUT2D eigenvalue weighted by Gasteiger charge is -2.16. The smallest absolute Gasteiger partial charge is 0.335 e. The van der Waals surface area contributed by atoms with E-state index in [2.05, 4.69) is 10.0 Å². The van der Waals surface area contributed by atoms with Crippen LogP contribution < -0.4 is 10.0 Å². The molecule has 3 N–H and O–H groups in total. The zero-order chi connectivity index (χ0) is 17.7. The minimum Gasteiger partial charge on any atom is -0.478 e. The molecule has 0 atom stereocenters. The highest BCUT2D eigenvalue weighted by atomic mass is 32.2. The second-order valence-electron chi connectivity index (χ2n) is 5.63. The topological polar surface area (TPSA) is 95.5 Å². The lowest BCUT2D eigenvalue weighted by Crippen LogP contribution is -2.25. The number of anilines is 1. The van der Waals surface area contributed by atoms with E-state index >= 15 is 0 Å². The Kier molecular flexibility index (Phi) is 5.58. The Balaban J connectivity index is 2.35. The van der Waals surface area contributed by atoms with Crippen molar-refractivity contribution in [3.05, 3.63) is 59.7 Å². The van der Waals surface area contributed by atoms with Gasteiger partial charge in [-0.25, -0.2) is 17.9 Å². The Morgan fingerprint density at radius 1 is 1.12 bits per heavy atom. The number of rotatable bonds is 7. The van der Waals surface area contributed by atoms with Gasteiger partial charge in [0.1, 0.15) is 4.90 Å². The summed E-state index contributed by atoms with van der Waals surface area (Å²) >= 11 is 0. The summed E-state index contributed by atoms with van der Waals surface area (Å²) in [7, 11) is -3.87. The highest BCUT2D eigenvalue weighted by Crippen LogP contribution is 2.24. The number of carboxylic acids is 1. The molecule has 0 heterocycles. The van der Waals surface area contributed by atoms with Crippen LogP contribution >= 0.6 is 0 Å². The van der Waals surface area contributed by atoms with Crippen molar-refractivity contribution in [2.75, 3.05) is 5.32 Å². The molecule has 2 aromatic carbocycles. The maximum Gasteiger partial charge on any atom is 0.335 e. The van der Waals surface area contributed by atoms with E-state index in [9.17, 15) is 13.2 Å². The largest absolute Gasteiger partial charge is 0.478 e. The summed E-state index contributed by atoms with van der Waals surface area (Å²) in [6.07, 6.45) is 0. The molecule has 24 heavy (non-hydrogen) atoms. The molecule has 2 rings (SSSR count). The zero-order valence-electron chi connectivity index (χ0n) is 13.5. The minimum absolute atomic E-state index is 0.00347. The summed E-state index contributed by atoms with van der Waals surface area (Å²) < 4.78 is 27.8. The average molecular weight is 348 g/mol. The number of hydrogen-bond acceptors (Lipinski definition) is 4. The first-order valence-corrected chi connectivity index (χ1v) is 8.95. The van der Waals surface area contributed by atoms with Crippen LogP contribution in [0.1, 0.15) is 29.8 Å². The van der Waals surface area contributed by atoms with Crippen molar-refractivity contribution in [2.24, 2.45) is 0 Å². The third-order valence-electron chi connectivity index (χ3n) is 3.27. The maximum absolute atomic E-state index is 12.6. The van der Waals surface area contributed by atoms with Crippen LogP contribution in [0.2, 0.25) is 0 Å². The first-order valence-electron chi connectivity index (χ1n) is 7.47. The van der Waals surface area contributed by atoms with Gasteiger partial charge in [0.05, 0.1) is 11.3 Å². The molecule has 7 heteroatoms. The van der Waals surface area contributed by atoms with Gasteiger partial charge in [0.2, 0.25) is 10.0 Å². The molecule has 0 unspecified atom stereocenters. The molecule has 128 valence electrons. The molecule has 0 aliphatic heterocycles. The number of benzene rings is 2. The van der Waals surface area contributed by atoms with Crippen molar-refractivity contribution in [1.29, 1.82) is 0 Å². The van der Waals surface area contributed by atoms with Crippen molar-refractivity contribution in [3.63, 3.8) is 0 Å². The van der Waals surface area contributed by atoms with Crippen LogP contribution in [0.4, 0.5) is 5.69 Å². The summed E-state index contributed by atoms with van der Waals surface area (Å²) in [6, 6.07) is 13.1. The summed E-state index contributed by atoms with van der Waals surface area (Å²) in [5.41, 5.74) is 1.11. The number of hydrogen-bond donors (Lipinski definition) is 3. The van der Waals surface area contributed by atoms with Crippen LogP contribution in [0.5, 0.6) is 0 Å². The molecular weight excluding hydrogens is 328 g/mol. The van der Waals surface area contributed by atoms with Gasteiger partial charge in [-0.15, -0.1) is 0 Å². The van der Waals surface area contributed by atoms with E-state index < -0.39 is 16.0 Å². The molecule has 0 saturated heterocycles. The molecule has 0 aliphatic carbocycles. The Hall–Kier alpha value is -2.38. The lowest BCUT2D eigenvalue weighted by atomic mass is 10.2. The van der Waals surface area contributed by atoms with E-state index in [-0.39, 0.29) is 23.0 Å². The first-order chi connectivity index (χ1) is 11.3. The predicted octanol–water partition coefficient (Wildman–Crippen LogP) is 2.68. The predicted molar refractivity (Wildman–Crippen MR) is 92.6 cm³/mol. The monoisotopic (exact) mass is 348 g/mol. The molecule has 0 bridgehead atoms. The van der Waals surface area contributed by atoms with Gasteiger partial charge < -0.3 is 10.4 Å². The maximum atomic E-state index is 12.6. The second-order valence-corrected chi connectivity index (χ2v) is 7.36. The van der Waals surface area contributed by atoms with Gasteiger partial charge >= 0.3 is 5.97 Å². The highest BCUT2D eigenvalue weighted by Gasteiger charge is 2.21. The molecule has 0 saturated carbocycles. The fourth-order valence-electron chi connectivity index (χ4n) is 2.16. The molecule has 0 spiro atoms. The van der Waals surface area contributed by atoms with Crippen molar-refractivity contribution in [3.8, 4) is 0 Å². The van der Waals surface area contributed by atoms with E-state index in [0.717, 1.165) is 5.56 Å². The molecule has 6 nitrogen and oxygen atoms in total. The summed E-state index contributed by atoms with van der Waals surface area (Å²) in [6.45, 7) is 3.87. The molecule has 0 fully saturated rings. The third-order valence-corrected chi connectivity index (χ3v) is 4.71. The summed E-state index contributed by atoms with van der Waals surface area (Å²) in [4.78, 5) is 11.1. The van der Waals surface area contributed by atoms with Crippen molar-refractivity contribution < 1.29 is 18.3 Å². The van der Waals surface area contributed by atoms with Gasteiger partial charge in [0.25, 0.3) is 0 Å². The van der Waals surface area contributed by atoms with E-state index in [4.69, 9.17) is 5.11 Å². The lowest BCUT2D eigenvalue weighted by molar-refractivity contribution is 0.0696. The van der Waals surface area contributed by atoms with Crippen molar-refractivity contribution in [1.82, 2.24) is 4.72 Å². The van der Waals surface area contributed by atoms with Crippen LogP contribution in [0, 0.1) is 0 Å². The Morgan fingerprint density at radius 3 is 2.38 bits per heavy atom.